The SMILES string of the molecule is CC(C)Oc1ccc(-c2cc(-c3ccccc3)[nH]n2)cc1Cl. The summed E-state index contributed by atoms with van der Waals surface area (Å²) >= 11 is 6.28. The van der Waals surface area contributed by atoms with Crippen LogP contribution >= 0.6 is 11.6 Å². The molecular weight excluding hydrogens is 296 g/mol. The molecule has 0 aliphatic heterocycles. The zero-order chi connectivity index (χ0) is 15.5. The summed E-state index contributed by atoms with van der Waals surface area (Å²) in [5, 5.41) is 8.03. The second-order valence-electron chi connectivity index (χ2n) is 5.34. The van der Waals surface area contributed by atoms with E-state index in [0.717, 1.165) is 22.5 Å². The van der Waals surface area contributed by atoms with Crippen LogP contribution in [0.5, 0.6) is 5.75 Å². The maximum Gasteiger partial charge on any atom is 0.138 e. The van der Waals surface area contributed by atoms with Crippen molar-refractivity contribution in [2.75, 3.05) is 0 Å². The standard InChI is InChI=1S/C18H17ClN2O/c1-12(2)22-18-9-8-14(10-15(18)19)17-11-16(20-21-17)13-6-4-3-5-7-13/h3-12H,1-2H3,(H,20,21). The lowest BCUT2D eigenvalue weighted by atomic mass is 10.1. The number of ether oxygens (including phenoxy) is 1. The van der Waals surface area contributed by atoms with Crippen LogP contribution in [0, 0.1) is 0 Å². The molecule has 1 aromatic heterocycles. The topological polar surface area (TPSA) is 37.9 Å². The van der Waals surface area contributed by atoms with E-state index in [0.29, 0.717) is 10.8 Å². The average Bonchev–Trinajstić information content (AvgIpc) is 3.00. The van der Waals surface area contributed by atoms with E-state index in [-0.39, 0.29) is 6.10 Å². The van der Waals surface area contributed by atoms with Gasteiger partial charge >= 0.3 is 0 Å². The van der Waals surface area contributed by atoms with Crippen LogP contribution in [0.2, 0.25) is 5.02 Å². The van der Waals surface area contributed by atoms with Crippen molar-refractivity contribution in [3.05, 3.63) is 59.6 Å². The third kappa shape index (κ3) is 3.15. The van der Waals surface area contributed by atoms with E-state index in [9.17, 15) is 0 Å². The highest BCUT2D eigenvalue weighted by Gasteiger charge is 2.09. The number of nitrogens with zero attached hydrogens (tertiary/aromatic N) is 1. The van der Waals surface area contributed by atoms with Crippen LogP contribution in [0.25, 0.3) is 22.5 Å². The summed E-state index contributed by atoms with van der Waals surface area (Å²) < 4.78 is 5.65. The van der Waals surface area contributed by atoms with Gasteiger partial charge in [-0.3, -0.25) is 5.10 Å². The van der Waals surface area contributed by atoms with Crippen LogP contribution in [0.3, 0.4) is 0 Å². The van der Waals surface area contributed by atoms with Gasteiger partial charge in [-0.25, -0.2) is 0 Å². The molecule has 0 saturated carbocycles. The Morgan fingerprint density at radius 1 is 1.00 bits per heavy atom. The molecule has 0 aliphatic rings. The van der Waals surface area contributed by atoms with Gasteiger partial charge < -0.3 is 4.74 Å². The molecular formula is C18H17ClN2O. The molecule has 0 atom stereocenters. The Morgan fingerprint density at radius 3 is 2.45 bits per heavy atom. The lowest BCUT2D eigenvalue weighted by molar-refractivity contribution is 0.242. The average molecular weight is 313 g/mol. The number of aromatic amines is 1. The third-order valence-electron chi connectivity index (χ3n) is 3.25. The van der Waals surface area contributed by atoms with Crippen LogP contribution in [0.15, 0.2) is 54.6 Å². The van der Waals surface area contributed by atoms with E-state index in [4.69, 9.17) is 16.3 Å². The number of aromatic nitrogens is 2. The summed E-state index contributed by atoms with van der Waals surface area (Å²) in [5.41, 5.74) is 3.90. The summed E-state index contributed by atoms with van der Waals surface area (Å²) in [4.78, 5) is 0. The van der Waals surface area contributed by atoms with Gasteiger partial charge in [-0.2, -0.15) is 5.10 Å². The highest BCUT2D eigenvalue weighted by atomic mass is 35.5. The Hall–Kier alpha value is -2.26. The van der Waals surface area contributed by atoms with E-state index >= 15 is 0 Å². The van der Waals surface area contributed by atoms with Crippen molar-refractivity contribution in [3.63, 3.8) is 0 Å². The fourth-order valence-corrected chi connectivity index (χ4v) is 2.47. The van der Waals surface area contributed by atoms with Gasteiger partial charge in [0.15, 0.2) is 0 Å². The normalized spacial score (nSPS) is 10.9. The fraction of sp³-hybridized carbons (Fsp3) is 0.167. The molecule has 1 N–H and O–H groups in total. The molecule has 3 nitrogen and oxygen atoms in total. The van der Waals surface area contributed by atoms with Crippen LogP contribution in [-0.4, -0.2) is 16.3 Å². The van der Waals surface area contributed by atoms with Crippen molar-refractivity contribution < 1.29 is 4.74 Å². The minimum Gasteiger partial charge on any atom is -0.489 e. The van der Waals surface area contributed by atoms with Crippen LogP contribution in [0.1, 0.15) is 13.8 Å². The lowest BCUT2D eigenvalue weighted by Gasteiger charge is -2.11. The van der Waals surface area contributed by atoms with Gasteiger partial charge in [-0.15, -0.1) is 0 Å². The Kier molecular flexibility index (Phi) is 4.16. The number of rotatable bonds is 4. The second kappa shape index (κ2) is 6.24. The molecule has 4 heteroatoms. The highest BCUT2D eigenvalue weighted by Crippen LogP contribution is 2.31. The molecule has 0 fully saturated rings. The van der Waals surface area contributed by atoms with Gasteiger partial charge in [0.05, 0.1) is 22.5 Å². The van der Waals surface area contributed by atoms with Gasteiger partial charge in [0.1, 0.15) is 5.75 Å². The maximum atomic E-state index is 6.28. The molecule has 22 heavy (non-hydrogen) atoms. The zero-order valence-corrected chi connectivity index (χ0v) is 13.3. The van der Waals surface area contributed by atoms with Crippen LogP contribution in [-0.2, 0) is 0 Å². The predicted octanol–water partition coefficient (Wildman–Crippen LogP) is 5.18. The molecule has 0 amide bonds. The number of hydrogen-bond donors (Lipinski definition) is 1. The molecule has 0 unspecified atom stereocenters. The predicted molar refractivity (Wildman–Crippen MR) is 90.2 cm³/mol. The van der Waals surface area contributed by atoms with Crippen molar-refractivity contribution in [3.8, 4) is 28.3 Å². The third-order valence-corrected chi connectivity index (χ3v) is 3.55. The molecule has 2 aromatic carbocycles. The van der Waals surface area contributed by atoms with E-state index in [2.05, 4.69) is 10.2 Å². The molecule has 3 aromatic rings. The highest BCUT2D eigenvalue weighted by molar-refractivity contribution is 6.32. The van der Waals surface area contributed by atoms with Gasteiger partial charge in [0.25, 0.3) is 0 Å². The van der Waals surface area contributed by atoms with E-state index < -0.39 is 0 Å². The monoisotopic (exact) mass is 312 g/mol. The molecule has 0 radical (unpaired) electrons. The molecule has 112 valence electrons. The number of H-pyrrole nitrogens is 1. The smallest absolute Gasteiger partial charge is 0.138 e. The zero-order valence-electron chi connectivity index (χ0n) is 12.5. The Morgan fingerprint density at radius 2 is 1.77 bits per heavy atom. The number of halogens is 1. The van der Waals surface area contributed by atoms with Crippen LogP contribution < -0.4 is 4.74 Å². The largest absolute Gasteiger partial charge is 0.489 e. The van der Waals surface area contributed by atoms with Gasteiger partial charge in [0, 0.05) is 5.56 Å². The van der Waals surface area contributed by atoms with Gasteiger partial charge in [-0.1, -0.05) is 41.9 Å². The lowest BCUT2D eigenvalue weighted by Crippen LogP contribution is -2.05. The number of benzene rings is 2. The first kappa shape index (κ1) is 14.7. The van der Waals surface area contributed by atoms with Crippen molar-refractivity contribution >= 4 is 11.6 Å². The fourth-order valence-electron chi connectivity index (χ4n) is 2.24. The van der Waals surface area contributed by atoms with Crippen molar-refractivity contribution in [1.82, 2.24) is 10.2 Å². The minimum absolute atomic E-state index is 0.0958. The first-order valence-corrected chi connectivity index (χ1v) is 7.58. The number of nitrogens with one attached hydrogen (secondary N) is 1. The van der Waals surface area contributed by atoms with E-state index in [1.54, 1.807) is 0 Å². The molecule has 0 aliphatic carbocycles. The van der Waals surface area contributed by atoms with Crippen molar-refractivity contribution in [2.45, 2.75) is 20.0 Å². The summed E-state index contributed by atoms with van der Waals surface area (Å²) in [7, 11) is 0. The molecule has 0 spiro atoms. The van der Waals surface area contributed by atoms with Crippen molar-refractivity contribution in [2.24, 2.45) is 0 Å². The first-order chi connectivity index (χ1) is 10.6. The Labute approximate surface area is 134 Å². The minimum atomic E-state index is 0.0958. The summed E-state index contributed by atoms with van der Waals surface area (Å²) in [5.74, 6) is 0.694. The first-order valence-electron chi connectivity index (χ1n) is 7.21. The van der Waals surface area contributed by atoms with Gasteiger partial charge in [-0.05, 0) is 43.7 Å². The Balaban J connectivity index is 1.89. The maximum absolute atomic E-state index is 6.28. The quantitative estimate of drug-likeness (QED) is 0.720. The molecule has 1 heterocycles. The van der Waals surface area contributed by atoms with E-state index in [1.807, 2.05) is 68.4 Å². The molecule has 0 bridgehead atoms. The van der Waals surface area contributed by atoms with Crippen LogP contribution in [0.4, 0.5) is 0 Å². The summed E-state index contributed by atoms with van der Waals surface area (Å²) in [6.07, 6.45) is 0.0958. The number of hydrogen-bond acceptors (Lipinski definition) is 2. The van der Waals surface area contributed by atoms with Crippen molar-refractivity contribution in [1.29, 1.82) is 0 Å². The van der Waals surface area contributed by atoms with E-state index in [1.165, 1.54) is 0 Å². The Bertz CT molecular complexity index is 766. The summed E-state index contributed by atoms with van der Waals surface area (Å²) in [6.45, 7) is 3.95. The summed E-state index contributed by atoms with van der Waals surface area (Å²) in [6, 6.07) is 17.8. The molecule has 0 saturated heterocycles. The molecule has 3 rings (SSSR count). The second-order valence-corrected chi connectivity index (χ2v) is 5.75. The van der Waals surface area contributed by atoms with Gasteiger partial charge in [0.2, 0.25) is 0 Å².